The van der Waals surface area contributed by atoms with E-state index >= 15 is 0 Å². The van der Waals surface area contributed by atoms with Crippen LogP contribution in [-0.4, -0.2) is 54.5 Å². The fraction of sp³-hybridized carbons (Fsp3) is 0.615. The van der Waals surface area contributed by atoms with Gasteiger partial charge in [0.15, 0.2) is 0 Å². The molecule has 3 heterocycles. The quantitative estimate of drug-likeness (QED) is 0.756. The van der Waals surface area contributed by atoms with Crippen molar-refractivity contribution in [2.75, 3.05) is 32.8 Å². The Morgan fingerprint density at radius 2 is 2.24 bits per heavy atom. The van der Waals surface area contributed by atoms with E-state index in [2.05, 4.69) is 14.7 Å². The number of ether oxygens (including phenoxy) is 1. The van der Waals surface area contributed by atoms with Crippen LogP contribution in [0.1, 0.15) is 16.9 Å². The average Bonchev–Trinajstić information content (AvgIpc) is 3.07. The van der Waals surface area contributed by atoms with Crippen LogP contribution in [0.25, 0.3) is 0 Å². The van der Waals surface area contributed by atoms with Crippen molar-refractivity contribution in [2.24, 2.45) is 11.8 Å². The predicted octanol–water partition coefficient (Wildman–Crippen LogP) is -0.807. The Labute approximate surface area is 120 Å². The maximum Gasteiger partial charge on any atom is 0.416 e. The van der Waals surface area contributed by atoms with Gasteiger partial charge in [-0.3, -0.25) is 14.6 Å². The molecule has 0 saturated carbocycles. The van der Waals surface area contributed by atoms with Gasteiger partial charge in [0.2, 0.25) is 5.91 Å². The molecule has 2 fully saturated rings. The minimum Gasteiger partial charge on any atom is -0.416 e. The molecule has 0 radical (unpaired) electrons. The van der Waals surface area contributed by atoms with Gasteiger partial charge in [-0.15, -0.1) is 0 Å². The molecule has 1 aromatic heterocycles. The molecule has 2 aliphatic rings. The van der Waals surface area contributed by atoms with E-state index in [-0.39, 0.29) is 29.3 Å². The third kappa shape index (κ3) is 2.99. The molecule has 8 nitrogen and oxygen atoms in total. The van der Waals surface area contributed by atoms with Crippen molar-refractivity contribution in [1.82, 2.24) is 15.2 Å². The van der Waals surface area contributed by atoms with Crippen LogP contribution < -0.4 is 11.1 Å². The van der Waals surface area contributed by atoms with Crippen LogP contribution in [0.5, 0.6) is 0 Å². The van der Waals surface area contributed by atoms with Gasteiger partial charge in [0, 0.05) is 32.2 Å². The SMILES string of the molecule is O=C(NCC1CN(C(=O)c2coc(=O)[nH]2)C1)[C@@H]1CCOC1. The minimum absolute atomic E-state index is 0.0245. The highest BCUT2D eigenvalue weighted by atomic mass is 16.5. The summed E-state index contributed by atoms with van der Waals surface area (Å²) >= 11 is 0. The number of amides is 2. The summed E-state index contributed by atoms with van der Waals surface area (Å²) in [7, 11) is 0. The van der Waals surface area contributed by atoms with Gasteiger partial charge in [0.05, 0.1) is 12.5 Å². The van der Waals surface area contributed by atoms with E-state index in [4.69, 9.17) is 4.74 Å². The van der Waals surface area contributed by atoms with Crippen LogP contribution in [-0.2, 0) is 9.53 Å². The molecule has 8 heteroatoms. The average molecular weight is 295 g/mol. The Morgan fingerprint density at radius 3 is 2.86 bits per heavy atom. The molecule has 0 spiro atoms. The van der Waals surface area contributed by atoms with Crippen molar-refractivity contribution in [2.45, 2.75) is 6.42 Å². The molecule has 1 aromatic rings. The van der Waals surface area contributed by atoms with E-state index in [0.717, 1.165) is 12.7 Å². The maximum atomic E-state index is 11.9. The largest absolute Gasteiger partial charge is 0.416 e. The molecule has 2 saturated heterocycles. The summed E-state index contributed by atoms with van der Waals surface area (Å²) in [6, 6.07) is 0. The standard InChI is InChI=1S/C13H17N3O5/c17-11(9-1-2-20-6-9)14-3-8-4-16(5-8)12(18)10-7-21-13(19)15-10/h7-9H,1-6H2,(H,14,17)(H,15,19)/t9-/m1/s1. The predicted molar refractivity (Wildman–Crippen MR) is 70.7 cm³/mol. The van der Waals surface area contributed by atoms with E-state index in [9.17, 15) is 14.4 Å². The Morgan fingerprint density at radius 1 is 1.43 bits per heavy atom. The van der Waals surface area contributed by atoms with E-state index in [1.165, 1.54) is 0 Å². The number of hydrogen-bond acceptors (Lipinski definition) is 5. The number of carbonyl (C=O) groups is 2. The van der Waals surface area contributed by atoms with Crippen molar-refractivity contribution in [3.63, 3.8) is 0 Å². The van der Waals surface area contributed by atoms with Gasteiger partial charge in [-0.1, -0.05) is 0 Å². The second-order valence-electron chi connectivity index (χ2n) is 5.44. The fourth-order valence-corrected chi connectivity index (χ4v) is 2.55. The third-order valence-corrected chi connectivity index (χ3v) is 3.86. The second kappa shape index (κ2) is 5.72. The molecule has 2 N–H and O–H groups in total. The van der Waals surface area contributed by atoms with Crippen LogP contribution in [0.2, 0.25) is 0 Å². The highest BCUT2D eigenvalue weighted by Crippen LogP contribution is 2.18. The molecule has 0 bridgehead atoms. The highest BCUT2D eigenvalue weighted by molar-refractivity contribution is 5.92. The molecule has 21 heavy (non-hydrogen) atoms. The molecule has 0 unspecified atom stereocenters. The summed E-state index contributed by atoms with van der Waals surface area (Å²) in [5, 5.41) is 2.90. The van der Waals surface area contributed by atoms with Crippen molar-refractivity contribution in [3.05, 3.63) is 22.5 Å². The lowest BCUT2D eigenvalue weighted by molar-refractivity contribution is -0.125. The van der Waals surface area contributed by atoms with Gasteiger partial charge in [-0.05, 0) is 6.42 Å². The number of likely N-dealkylation sites (tertiary alicyclic amines) is 1. The normalized spacial score (nSPS) is 22.1. The Balaban J connectivity index is 1.40. The minimum atomic E-state index is -0.638. The lowest BCUT2D eigenvalue weighted by Gasteiger charge is -2.39. The zero-order chi connectivity index (χ0) is 14.8. The van der Waals surface area contributed by atoms with Crippen LogP contribution in [0.3, 0.4) is 0 Å². The van der Waals surface area contributed by atoms with Gasteiger partial charge in [0.25, 0.3) is 5.91 Å². The van der Waals surface area contributed by atoms with Gasteiger partial charge in [0.1, 0.15) is 12.0 Å². The highest BCUT2D eigenvalue weighted by Gasteiger charge is 2.33. The van der Waals surface area contributed by atoms with Gasteiger partial charge in [-0.25, -0.2) is 4.79 Å². The molecule has 0 aliphatic carbocycles. The van der Waals surface area contributed by atoms with Gasteiger partial charge < -0.3 is 19.4 Å². The number of H-pyrrole nitrogens is 1. The van der Waals surface area contributed by atoms with Crippen LogP contribution in [0, 0.1) is 11.8 Å². The first kappa shape index (κ1) is 13.9. The first-order chi connectivity index (χ1) is 10.1. The van der Waals surface area contributed by atoms with E-state index < -0.39 is 5.76 Å². The number of aromatic nitrogens is 1. The van der Waals surface area contributed by atoms with Crippen LogP contribution in [0.15, 0.2) is 15.5 Å². The van der Waals surface area contributed by atoms with E-state index in [1.54, 1.807) is 4.90 Å². The molecule has 2 amide bonds. The number of oxazole rings is 1. The molecule has 0 aromatic carbocycles. The zero-order valence-electron chi connectivity index (χ0n) is 11.5. The molecular weight excluding hydrogens is 278 g/mol. The summed E-state index contributed by atoms with van der Waals surface area (Å²) in [5.41, 5.74) is 0.158. The number of carbonyl (C=O) groups excluding carboxylic acids is 2. The summed E-state index contributed by atoms with van der Waals surface area (Å²) < 4.78 is 9.71. The van der Waals surface area contributed by atoms with Crippen molar-refractivity contribution < 1.29 is 18.7 Å². The fourth-order valence-electron chi connectivity index (χ4n) is 2.55. The smallest absolute Gasteiger partial charge is 0.416 e. The second-order valence-corrected chi connectivity index (χ2v) is 5.44. The first-order valence-corrected chi connectivity index (χ1v) is 6.96. The topological polar surface area (TPSA) is 105 Å². The summed E-state index contributed by atoms with van der Waals surface area (Å²) in [6.45, 7) is 2.82. The van der Waals surface area contributed by atoms with E-state index in [1.807, 2.05) is 0 Å². The van der Waals surface area contributed by atoms with Crippen LogP contribution >= 0.6 is 0 Å². The summed E-state index contributed by atoms with van der Waals surface area (Å²) in [6.07, 6.45) is 1.90. The Kier molecular flexibility index (Phi) is 3.78. The molecule has 1 atom stereocenters. The number of nitrogens with zero attached hydrogens (tertiary/aromatic N) is 1. The number of nitrogens with one attached hydrogen (secondary N) is 2. The third-order valence-electron chi connectivity index (χ3n) is 3.86. The van der Waals surface area contributed by atoms with Crippen LogP contribution in [0.4, 0.5) is 0 Å². The molecule has 3 rings (SSSR count). The summed E-state index contributed by atoms with van der Waals surface area (Å²) in [5.74, 6) is -0.664. The van der Waals surface area contributed by atoms with Gasteiger partial charge >= 0.3 is 5.76 Å². The number of hydrogen-bond donors (Lipinski definition) is 2. The Bertz CT molecular complexity index is 581. The Hall–Kier alpha value is -2.09. The molecule has 114 valence electrons. The first-order valence-electron chi connectivity index (χ1n) is 6.96. The zero-order valence-corrected chi connectivity index (χ0v) is 11.5. The monoisotopic (exact) mass is 295 g/mol. The maximum absolute atomic E-state index is 11.9. The van der Waals surface area contributed by atoms with E-state index in [0.29, 0.717) is 32.8 Å². The number of rotatable bonds is 4. The lowest BCUT2D eigenvalue weighted by Crippen LogP contribution is -2.54. The van der Waals surface area contributed by atoms with Crippen molar-refractivity contribution >= 4 is 11.8 Å². The van der Waals surface area contributed by atoms with Crippen molar-refractivity contribution in [1.29, 1.82) is 0 Å². The molecule has 2 aliphatic heterocycles. The number of aromatic amines is 1. The van der Waals surface area contributed by atoms with Gasteiger partial charge in [-0.2, -0.15) is 0 Å². The lowest BCUT2D eigenvalue weighted by atomic mass is 9.99. The summed E-state index contributed by atoms with van der Waals surface area (Å²) in [4.78, 5) is 38.5. The molecular formula is C13H17N3O5. The van der Waals surface area contributed by atoms with Crippen molar-refractivity contribution in [3.8, 4) is 0 Å².